The molecule has 86 valence electrons. The fourth-order valence-corrected chi connectivity index (χ4v) is 1.15. The van der Waals surface area contributed by atoms with Gasteiger partial charge in [0.2, 0.25) is 0 Å². The van der Waals surface area contributed by atoms with E-state index in [-0.39, 0.29) is 12.2 Å². The highest BCUT2D eigenvalue weighted by atomic mass is 16.6. The number of nitrogens with zero attached hydrogens (tertiary/aromatic N) is 1. The van der Waals surface area contributed by atoms with Crippen LogP contribution in [0.3, 0.4) is 0 Å². The molecule has 1 amide bonds. The summed E-state index contributed by atoms with van der Waals surface area (Å²) in [5, 5.41) is 30.3. The van der Waals surface area contributed by atoms with Crippen LogP contribution in [0.5, 0.6) is 0 Å². The summed E-state index contributed by atoms with van der Waals surface area (Å²) in [6.45, 7) is -0.212. The van der Waals surface area contributed by atoms with Crippen molar-refractivity contribution in [2.45, 2.75) is 6.10 Å². The van der Waals surface area contributed by atoms with Crippen molar-refractivity contribution in [2.24, 2.45) is 0 Å². The number of carbonyl (C=O) groups is 1. The van der Waals surface area contributed by atoms with E-state index < -0.39 is 17.1 Å². The summed E-state index contributed by atoms with van der Waals surface area (Å²) in [6, 6.07) is 5.41. The standard InChI is InChI=1S/C9H10N2O5/c12-8(5-10-9(13)14)6-2-1-3-7(4-6)11(15)16/h1-4,8,10,12H,5H2,(H,13,14). The Kier molecular flexibility index (Phi) is 3.78. The van der Waals surface area contributed by atoms with Crippen LogP contribution >= 0.6 is 0 Å². The molecule has 3 N–H and O–H groups in total. The molecule has 0 fully saturated rings. The van der Waals surface area contributed by atoms with Crippen LogP contribution in [0.15, 0.2) is 24.3 Å². The number of aliphatic hydroxyl groups is 1. The third-order valence-electron chi connectivity index (χ3n) is 1.91. The first-order chi connectivity index (χ1) is 7.50. The van der Waals surface area contributed by atoms with Gasteiger partial charge in [0.25, 0.3) is 5.69 Å². The number of hydrogen-bond donors (Lipinski definition) is 3. The van der Waals surface area contributed by atoms with Crippen molar-refractivity contribution in [3.05, 3.63) is 39.9 Å². The van der Waals surface area contributed by atoms with Gasteiger partial charge in [-0.1, -0.05) is 12.1 Å². The van der Waals surface area contributed by atoms with Crippen LogP contribution in [0.25, 0.3) is 0 Å². The molecule has 1 unspecified atom stereocenters. The molecule has 0 saturated heterocycles. The molecular weight excluding hydrogens is 216 g/mol. The average Bonchev–Trinajstić information content (AvgIpc) is 2.26. The molecule has 0 bridgehead atoms. The maximum absolute atomic E-state index is 10.5. The van der Waals surface area contributed by atoms with E-state index in [2.05, 4.69) is 0 Å². The number of aliphatic hydroxyl groups excluding tert-OH is 1. The fourth-order valence-electron chi connectivity index (χ4n) is 1.15. The molecule has 7 nitrogen and oxygen atoms in total. The number of non-ortho nitro benzene ring substituents is 1. The van der Waals surface area contributed by atoms with Crippen LogP contribution in [0.1, 0.15) is 11.7 Å². The Hall–Kier alpha value is -2.15. The third kappa shape index (κ3) is 3.21. The summed E-state index contributed by atoms with van der Waals surface area (Å²) in [6.07, 6.45) is -2.36. The highest BCUT2D eigenvalue weighted by Gasteiger charge is 2.12. The maximum atomic E-state index is 10.5. The summed E-state index contributed by atoms with van der Waals surface area (Å²) < 4.78 is 0. The van der Waals surface area contributed by atoms with E-state index >= 15 is 0 Å². The molecular formula is C9H10N2O5. The summed E-state index contributed by atoms with van der Waals surface area (Å²) in [5.41, 5.74) is 0.148. The van der Waals surface area contributed by atoms with Gasteiger partial charge in [-0.25, -0.2) is 4.79 Å². The number of nitro benzene ring substituents is 1. The molecule has 0 radical (unpaired) electrons. The Balaban J connectivity index is 2.75. The predicted molar refractivity (Wildman–Crippen MR) is 54.1 cm³/mol. The van der Waals surface area contributed by atoms with Gasteiger partial charge in [-0.2, -0.15) is 0 Å². The van der Waals surface area contributed by atoms with Gasteiger partial charge in [-0.15, -0.1) is 0 Å². The Labute approximate surface area is 90.5 Å². The van der Waals surface area contributed by atoms with Crippen molar-refractivity contribution in [2.75, 3.05) is 6.54 Å². The van der Waals surface area contributed by atoms with Crippen LogP contribution < -0.4 is 5.32 Å². The molecule has 0 heterocycles. The highest BCUT2D eigenvalue weighted by Crippen LogP contribution is 2.18. The Morgan fingerprint density at radius 3 is 2.81 bits per heavy atom. The number of benzene rings is 1. The Morgan fingerprint density at radius 1 is 1.56 bits per heavy atom. The van der Waals surface area contributed by atoms with Crippen molar-refractivity contribution in [1.29, 1.82) is 0 Å². The Morgan fingerprint density at radius 2 is 2.25 bits per heavy atom. The highest BCUT2D eigenvalue weighted by molar-refractivity contribution is 5.64. The van der Waals surface area contributed by atoms with Crippen LogP contribution in [0, 0.1) is 10.1 Å². The van der Waals surface area contributed by atoms with Gasteiger partial charge in [0, 0.05) is 12.1 Å². The van der Waals surface area contributed by atoms with Gasteiger partial charge in [0.05, 0.1) is 17.6 Å². The van der Waals surface area contributed by atoms with Crippen molar-refractivity contribution in [1.82, 2.24) is 5.32 Å². The van der Waals surface area contributed by atoms with Gasteiger partial charge in [-0.05, 0) is 5.56 Å². The lowest BCUT2D eigenvalue weighted by molar-refractivity contribution is -0.385. The van der Waals surface area contributed by atoms with Crippen LogP contribution in [0.2, 0.25) is 0 Å². The first-order valence-electron chi connectivity index (χ1n) is 4.40. The van der Waals surface area contributed by atoms with E-state index in [4.69, 9.17) is 5.11 Å². The quantitative estimate of drug-likeness (QED) is 0.521. The summed E-state index contributed by atoms with van der Waals surface area (Å²) in [7, 11) is 0. The monoisotopic (exact) mass is 226 g/mol. The number of amides is 1. The van der Waals surface area contributed by atoms with Crippen LogP contribution in [0.4, 0.5) is 10.5 Å². The molecule has 1 aromatic rings. The molecule has 0 aliphatic rings. The van der Waals surface area contributed by atoms with Crippen molar-refractivity contribution in [3.8, 4) is 0 Å². The molecule has 0 saturated carbocycles. The number of hydrogen-bond acceptors (Lipinski definition) is 4. The van der Waals surface area contributed by atoms with E-state index in [0.29, 0.717) is 5.56 Å². The number of rotatable bonds is 4. The van der Waals surface area contributed by atoms with Gasteiger partial charge in [-0.3, -0.25) is 10.1 Å². The molecule has 7 heteroatoms. The average molecular weight is 226 g/mol. The van der Waals surface area contributed by atoms with Gasteiger partial charge >= 0.3 is 6.09 Å². The summed E-state index contributed by atoms with van der Waals surface area (Å²) >= 11 is 0. The first kappa shape index (κ1) is 11.9. The normalized spacial score (nSPS) is 11.8. The zero-order valence-electron chi connectivity index (χ0n) is 8.16. The summed E-state index contributed by atoms with van der Waals surface area (Å²) in [5.74, 6) is 0. The molecule has 0 spiro atoms. The molecule has 1 atom stereocenters. The first-order valence-corrected chi connectivity index (χ1v) is 4.40. The minimum absolute atomic E-state index is 0.146. The van der Waals surface area contributed by atoms with E-state index in [9.17, 15) is 20.0 Å². The Bertz CT molecular complexity index is 407. The molecule has 0 aliphatic carbocycles. The number of nitro groups is 1. The molecule has 1 aromatic carbocycles. The third-order valence-corrected chi connectivity index (χ3v) is 1.91. The van der Waals surface area contributed by atoms with E-state index in [1.165, 1.54) is 24.3 Å². The molecule has 1 rings (SSSR count). The van der Waals surface area contributed by atoms with E-state index in [1.54, 1.807) is 0 Å². The topological polar surface area (TPSA) is 113 Å². The second-order valence-corrected chi connectivity index (χ2v) is 3.05. The number of nitrogens with one attached hydrogen (secondary N) is 1. The molecule has 16 heavy (non-hydrogen) atoms. The lowest BCUT2D eigenvalue weighted by atomic mass is 10.1. The largest absolute Gasteiger partial charge is 0.465 e. The van der Waals surface area contributed by atoms with E-state index in [0.717, 1.165) is 0 Å². The molecule has 0 aromatic heterocycles. The lowest BCUT2D eigenvalue weighted by Gasteiger charge is -2.10. The lowest BCUT2D eigenvalue weighted by Crippen LogP contribution is -2.26. The van der Waals surface area contributed by atoms with Gasteiger partial charge in [0.1, 0.15) is 0 Å². The minimum atomic E-state index is -1.26. The van der Waals surface area contributed by atoms with Crippen LogP contribution in [-0.4, -0.2) is 27.8 Å². The SMILES string of the molecule is O=C(O)NCC(O)c1cccc([N+](=O)[O-])c1. The van der Waals surface area contributed by atoms with Gasteiger partial charge < -0.3 is 15.5 Å². The summed E-state index contributed by atoms with van der Waals surface area (Å²) in [4.78, 5) is 20.1. The zero-order chi connectivity index (χ0) is 12.1. The maximum Gasteiger partial charge on any atom is 0.404 e. The van der Waals surface area contributed by atoms with Crippen molar-refractivity contribution in [3.63, 3.8) is 0 Å². The smallest absolute Gasteiger partial charge is 0.404 e. The number of carboxylic acid groups (broad SMARTS) is 1. The minimum Gasteiger partial charge on any atom is -0.465 e. The van der Waals surface area contributed by atoms with Gasteiger partial charge in [0.15, 0.2) is 0 Å². The second kappa shape index (κ2) is 5.08. The van der Waals surface area contributed by atoms with E-state index in [1.807, 2.05) is 5.32 Å². The zero-order valence-corrected chi connectivity index (χ0v) is 8.16. The van der Waals surface area contributed by atoms with Crippen LogP contribution in [-0.2, 0) is 0 Å². The van der Waals surface area contributed by atoms with Crippen molar-refractivity contribution >= 4 is 11.8 Å². The van der Waals surface area contributed by atoms with Crippen molar-refractivity contribution < 1.29 is 19.9 Å². The molecule has 0 aliphatic heterocycles. The fraction of sp³-hybridized carbons (Fsp3) is 0.222. The second-order valence-electron chi connectivity index (χ2n) is 3.05. The predicted octanol–water partition coefficient (Wildman–Crippen LogP) is 0.896.